The maximum atomic E-state index is 12.8. The number of hydrogen-bond acceptors (Lipinski definition) is 6. The average Bonchev–Trinajstić information content (AvgIpc) is 3.07. The van der Waals surface area contributed by atoms with Gasteiger partial charge >= 0.3 is 0 Å². The van der Waals surface area contributed by atoms with Crippen LogP contribution in [0.4, 0.5) is 0 Å². The van der Waals surface area contributed by atoms with Gasteiger partial charge in [-0.2, -0.15) is 8.42 Å². The van der Waals surface area contributed by atoms with E-state index in [0.717, 1.165) is 12.8 Å². The summed E-state index contributed by atoms with van der Waals surface area (Å²) in [5, 5.41) is 19.6. The van der Waals surface area contributed by atoms with Crippen molar-refractivity contribution in [1.29, 1.82) is 0 Å². The van der Waals surface area contributed by atoms with Gasteiger partial charge in [-0.15, -0.1) is 0 Å². The minimum atomic E-state index is -4.33. The molecule has 3 N–H and O–H groups in total. The summed E-state index contributed by atoms with van der Waals surface area (Å²) in [6, 6.07) is 0. The first-order chi connectivity index (χ1) is 14.7. The van der Waals surface area contributed by atoms with Crippen LogP contribution in [0.15, 0.2) is 17.1 Å². The molecular formula is C22H41N2O6S+. The number of amidine groups is 1. The molecule has 2 unspecified atom stereocenters. The first-order valence-corrected chi connectivity index (χ1v) is 13.2. The molecule has 0 radical (unpaired) electrons. The Hall–Kier alpha value is -1.13. The van der Waals surface area contributed by atoms with Gasteiger partial charge in [-0.3, -0.25) is 13.8 Å². The molecule has 0 fully saturated rings. The van der Waals surface area contributed by atoms with Gasteiger partial charge in [-0.05, 0) is 19.3 Å². The summed E-state index contributed by atoms with van der Waals surface area (Å²) in [4.78, 5) is 17.1. The van der Waals surface area contributed by atoms with Crippen molar-refractivity contribution in [2.45, 2.75) is 77.2 Å². The van der Waals surface area contributed by atoms with Crippen molar-refractivity contribution in [1.82, 2.24) is 0 Å². The summed E-state index contributed by atoms with van der Waals surface area (Å²) in [6.07, 6.45) is 13.5. The molecule has 0 spiro atoms. The Morgan fingerprint density at radius 2 is 1.77 bits per heavy atom. The highest BCUT2D eigenvalue weighted by Crippen LogP contribution is 2.19. The second-order valence-corrected chi connectivity index (χ2v) is 9.95. The highest BCUT2D eigenvalue weighted by molar-refractivity contribution is 7.85. The Kier molecular flexibility index (Phi) is 13.4. The summed E-state index contributed by atoms with van der Waals surface area (Å²) in [7, 11) is -4.33. The molecule has 0 amide bonds. The molecule has 1 aliphatic rings. The standard InChI is InChI=1S/C22H40N2O6S/c1-2-3-4-5-6-7-8-9-10-11-12-13-21(27)22-23-14-15-24(22,16-17-25)18-20(26)19-31(28,29)30/h10-11,20,25-26H,2-9,12-19H2,1H3/p+1/b11-10+. The number of quaternary nitrogens is 1. The molecule has 1 heterocycles. The number of nitrogens with zero attached hydrogens (tertiary/aromatic N) is 2. The van der Waals surface area contributed by atoms with E-state index in [9.17, 15) is 23.4 Å². The lowest BCUT2D eigenvalue weighted by Crippen LogP contribution is -2.59. The number of ketones is 1. The van der Waals surface area contributed by atoms with Crippen LogP contribution in [-0.4, -0.2) is 83.9 Å². The lowest BCUT2D eigenvalue weighted by Gasteiger charge is -2.34. The maximum Gasteiger partial charge on any atom is 0.267 e. The van der Waals surface area contributed by atoms with E-state index < -0.39 is 22.0 Å². The highest BCUT2D eigenvalue weighted by Gasteiger charge is 2.43. The van der Waals surface area contributed by atoms with E-state index in [1.54, 1.807) is 0 Å². The molecule has 0 aromatic heterocycles. The summed E-state index contributed by atoms with van der Waals surface area (Å²) >= 11 is 0. The normalized spacial score (nSPS) is 20.3. The lowest BCUT2D eigenvalue weighted by molar-refractivity contribution is -0.837. The van der Waals surface area contributed by atoms with E-state index in [1.807, 2.05) is 6.08 Å². The summed E-state index contributed by atoms with van der Waals surface area (Å²) in [6.45, 7) is 2.88. The van der Waals surface area contributed by atoms with Gasteiger partial charge in [0, 0.05) is 6.42 Å². The molecule has 0 aromatic carbocycles. The molecule has 0 bridgehead atoms. The van der Waals surface area contributed by atoms with E-state index in [2.05, 4.69) is 18.0 Å². The molecule has 1 rings (SSSR count). The zero-order chi connectivity index (χ0) is 23.2. The molecule has 0 saturated carbocycles. The largest absolute Gasteiger partial charge is 0.390 e. The van der Waals surface area contributed by atoms with Crippen molar-refractivity contribution >= 4 is 21.7 Å². The van der Waals surface area contributed by atoms with Crippen LogP contribution in [-0.2, 0) is 14.9 Å². The summed E-state index contributed by atoms with van der Waals surface area (Å²) in [5.74, 6) is -0.671. The Balaban J connectivity index is 2.45. The molecule has 9 heteroatoms. The molecule has 0 aromatic rings. The maximum absolute atomic E-state index is 12.8. The Bertz CT molecular complexity index is 692. The monoisotopic (exact) mass is 461 g/mol. The minimum absolute atomic E-state index is 0.0479. The number of carbonyl (C=O) groups is 1. The van der Waals surface area contributed by atoms with Crippen LogP contribution in [0.25, 0.3) is 0 Å². The topological polar surface area (TPSA) is 124 Å². The molecular weight excluding hydrogens is 420 g/mol. The van der Waals surface area contributed by atoms with E-state index in [0.29, 0.717) is 19.5 Å². The quantitative estimate of drug-likeness (QED) is 0.125. The van der Waals surface area contributed by atoms with Crippen molar-refractivity contribution in [3.63, 3.8) is 0 Å². The van der Waals surface area contributed by atoms with Gasteiger partial charge in [0.25, 0.3) is 16.0 Å². The SMILES string of the molecule is CCCCCCCCC/C=C/CCC(=O)C1=NCC[N+]1(CCO)CC(O)CS(=O)(=O)O. The number of aliphatic imine (C=N–C) groups is 1. The molecule has 180 valence electrons. The Labute approximate surface area is 187 Å². The number of carbonyl (C=O) groups excluding carboxylic acids is 1. The van der Waals surface area contributed by atoms with Gasteiger partial charge in [0.1, 0.15) is 31.5 Å². The fourth-order valence-corrected chi connectivity index (χ4v) is 4.71. The van der Waals surface area contributed by atoms with Crippen molar-refractivity contribution in [3.05, 3.63) is 12.2 Å². The van der Waals surface area contributed by atoms with Crippen LogP contribution in [0.1, 0.15) is 71.1 Å². The van der Waals surface area contributed by atoms with Crippen molar-refractivity contribution in [2.75, 3.05) is 38.5 Å². The van der Waals surface area contributed by atoms with Crippen LogP contribution < -0.4 is 0 Å². The number of hydrogen-bond donors (Lipinski definition) is 3. The van der Waals surface area contributed by atoms with E-state index >= 15 is 0 Å². The zero-order valence-corrected chi connectivity index (χ0v) is 19.7. The second kappa shape index (κ2) is 14.8. The van der Waals surface area contributed by atoms with Crippen LogP contribution >= 0.6 is 0 Å². The molecule has 0 saturated heterocycles. The van der Waals surface area contributed by atoms with Crippen LogP contribution in [0.5, 0.6) is 0 Å². The van der Waals surface area contributed by atoms with Crippen LogP contribution in [0, 0.1) is 0 Å². The number of aliphatic hydroxyl groups is 2. The Morgan fingerprint density at radius 1 is 1.13 bits per heavy atom. The number of unbranched alkanes of at least 4 members (excludes halogenated alkanes) is 7. The van der Waals surface area contributed by atoms with Crippen molar-refractivity contribution in [3.8, 4) is 0 Å². The molecule has 31 heavy (non-hydrogen) atoms. The summed E-state index contributed by atoms with van der Waals surface area (Å²) in [5.41, 5.74) is 0. The number of allylic oxidation sites excluding steroid dienone is 2. The molecule has 2 atom stereocenters. The fraction of sp³-hybridized carbons (Fsp3) is 0.818. The van der Waals surface area contributed by atoms with Gasteiger partial charge in [0.15, 0.2) is 0 Å². The van der Waals surface area contributed by atoms with Crippen LogP contribution in [0.3, 0.4) is 0 Å². The van der Waals surface area contributed by atoms with Crippen LogP contribution in [0.2, 0.25) is 0 Å². The smallest absolute Gasteiger partial charge is 0.267 e. The van der Waals surface area contributed by atoms with E-state index in [4.69, 9.17) is 4.55 Å². The van der Waals surface area contributed by atoms with Crippen molar-refractivity contribution in [2.24, 2.45) is 4.99 Å². The molecule has 1 aliphatic heterocycles. The highest BCUT2D eigenvalue weighted by atomic mass is 32.2. The van der Waals surface area contributed by atoms with E-state index in [1.165, 1.54) is 38.5 Å². The zero-order valence-electron chi connectivity index (χ0n) is 18.9. The van der Waals surface area contributed by atoms with E-state index in [-0.39, 0.29) is 42.2 Å². The average molecular weight is 462 g/mol. The Morgan fingerprint density at radius 3 is 2.42 bits per heavy atom. The third-order valence-corrected chi connectivity index (χ3v) is 6.46. The van der Waals surface area contributed by atoms with Gasteiger partial charge in [0.05, 0.1) is 13.2 Å². The number of rotatable bonds is 18. The van der Waals surface area contributed by atoms with Gasteiger partial charge in [-0.25, -0.2) is 4.99 Å². The first kappa shape index (κ1) is 27.9. The minimum Gasteiger partial charge on any atom is -0.390 e. The van der Waals surface area contributed by atoms with Gasteiger partial charge in [-0.1, -0.05) is 57.6 Å². The third kappa shape index (κ3) is 11.3. The molecule has 0 aliphatic carbocycles. The van der Waals surface area contributed by atoms with Gasteiger partial charge in [0.2, 0.25) is 5.78 Å². The first-order valence-electron chi connectivity index (χ1n) is 11.6. The number of aliphatic hydroxyl groups excluding tert-OH is 2. The predicted molar refractivity (Wildman–Crippen MR) is 123 cm³/mol. The second-order valence-electron chi connectivity index (χ2n) is 8.45. The lowest BCUT2D eigenvalue weighted by atomic mass is 10.1. The predicted octanol–water partition coefficient (Wildman–Crippen LogP) is 2.50. The number of Topliss-reactive ketones (excluding diaryl/α,β-unsaturated/α-hetero) is 1. The van der Waals surface area contributed by atoms with Gasteiger partial charge < -0.3 is 10.2 Å². The summed E-state index contributed by atoms with van der Waals surface area (Å²) < 4.78 is 31.0. The molecule has 8 nitrogen and oxygen atoms in total. The third-order valence-electron chi connectivity index (χ3n) is 5.66. The fourth-order valence-electron chi connectivity index (χ4n) is 4.11. The van der Waals surface area contributed by atoms with Crippen molar-refractivity contribution < 1.29 is 32.5 Å².